The van der Waals surface area contributed by atoms with Crippen LogP contribution in [0.5, 0.6) is 5.75 Å². The minimum absolute atomic E-state index is 0.0961. The van der Waals surface area contributed by atoms with E-state index < -0.39 is 30.2 Å². The molecule has 7 nitrogen and oxygen atoms in total. The molecule has 0 bridgehead atoms. The van der Waals surface area contributed by atoms with Gasteiger partial charge in [-0.05, 0) is 42.5 Å². The molecule has 0 heterocycles. The van der Waals surface area contributed by atoms with E-state index in [1.165, 1.54) is 36.4 Å². The van der Waals surface area contributed by atoms with Crippen molar-refractivity contribution < 1.29 is 28.6 Å². The third kappa shape index (κ3) is 5.85. The molecule has 0 radical (unpaired) electrons. The molecule has 136 valence electrons. The summed E-state index contributed by atoms with van der Waals surface area (Å²) in [6, 6.07) is 9.32. The van der Waals surface area contributed by atoms with Gasteiger partial charge >= 0.3 is 5.97 Å². The van der Waals surface area contributed by atoms with E-state index in [1.807, 2.05) is 0 Å². The average Bonchev–Trinajstić information content (AvgIpc) is 2.62. The van der Waals surface area contributed by atoms with Gasteiger partial charge in [0.05, 0.1) is 6.54 Å². The third-order valence-electron chi connectivity index (χ3n) is 3.09. The van der Waals surface area contributed by atoms with Crippen molar-refractivity contribution in [3.63, 3.8) is 0 Å². The quantitative estimate of drug-likeness (QED) is 0.616. The van der Waals surface area contributed by atoms with Crippen LogP contribution >= 0.6 is 15.9 Å². The number of anilines is 1. The van der Waals surface area contributed by atoms with Crippen molar-refractivity contribution in [2.45, 2.75) is 0 Å². The molecule has 26 heavy (non-hydrogen) atoms. The fourth-order valence-corrected chi connectivity index (χ4v) is 2.21. The van der Waals surface area contributed by atoms with E-state index in [9.17, 15) is 23.9 Å². The molecule has 2 rings (SSSR count). The summed E-state index contributed by atoms with van der Waals surface area (Å²) in [5, 5.41) is 14.3. The van der Waals surface area contributed by atoms with Gasteiger partial charge in [-0.2, -0.15) is 0 Å². The summed E-state index contributed by atoms with van der Waals surface area (Å²) < 4.78 is 18.1. The second-order valence-electron chi connectivity index (χ2n) is 5.07. The van der Waals surface area contributed by atoms with E-state index >= 15 is 0 Å². The zero-order valence-electron chi connectivity index (χ0n) is 13.3. The van der Waals surface area contributed by atoms with Gasteiger partial charge in [0.2, 0.25) is 5.91 Å². The summed E-state index contributed by atoms with van der Waals surface area (Å²) in [6.45, 7) is -0.968. The van der Waals surface area contributed by atoms with Crippen LogP contribution < -0.4 is 10.6 Å². The van der Waals surface area contributed by atoms with Gasteiger partial charge < -0.3 is 20.5 Å². The molecule has 0 unspecified atom stereocenters. The highest BCUT2D eigenvalue weighted by molar-refractivity contribution is 9.10. The Balaban J connectivity index is 1.76. The molecule has 2 aromatic rings. The predicted octanol–water partition coefficient (Wildman–Crippen LogP) is 2.21. The fourth-order valence-electron chi connectivity index (χ4n) is 1.85. The van der Waals surface area contributed by atoms with Crippen LogP contribution in [0, 0.1) is 5.82 Å². The molecule has 0 saturated carbocycles. The van der Waals surface area contributed by atoms with Crippen LogP contribution in [0.15, 0.2) is 46.9 Å². The number of amides is 2. The second-order valence-corrected chi connectivity index (χ2v) is 5.99. The van der Waals surface area contributed by atoms with Gasteiger partial charge in [0.15, 0.2) is 6.61 Å². The lowest BCUT2D eigenvalue weighted by molar-refractivity contribution is -0.126. The minimum Gasteiger partial charge on any atom is -0.507 e. The second kappa shape index (κ2) is 8.95. The van der Waals surface area contributed by atoms with E-state index in [0.717, 1.165) is 0 Å². The van der Waals surface area contributed by atoms with Gasteiger partial charge in [0.1, 0.15) is 17.1 Å². The Morgan fingerprint density at radius 2 is 1.77 bits per heavy atom. The Hall–Kier alpha value is -2.94. The van der Waals surface area contributed by atoms with Crippen LogP contribution in [0.4, 0.5) is 10.1 Å². The number of phenols is 1. The highest BCUT2D eigenvalue weighted by Gasteiger charge is 2.15. The first-order valence-electron chi connectivity index (χ1n) is 7.33. The maximum absolute atomic E-state index is 12.8. The standard InChI is InChI=1S/C17H14BrFN2O5/c18-10-1-6-14(22)13(7-10)17(25)26-9-16(24)20-8-15(23)21-12-4-2-11(19)3-5-12/h1-7,22H,8-9H2,(H,20,24)(H,21,23). The number of ether oxygens (including phenoxy) is 1. The van der Waals surface area contributed by atoms with Crippen LogP contribution in [-0.4, -0.2) is 36.0 Å². The lowest BCUT2D eigenvalue weighted by Gasteiger charge is -2.08. The van der Waals surface area contributed by atoms with Crippen molar-refractivity contribution in [2.24, 2.45) is 0 Å². The topological polar surface area (TPSA) is 105 Å². The first-order chi connectivity index (χ1) is 12.3. The largest absolute Gasteiger partial charge is 0.507 e. The zero-order valence-corrected chi connectivity index (χ0v) is 14.9. The molecule has 2 aromatic carbocycles. The van der Waals surface area contributed by atoms with Crippen molar-refractivity contribution in [2.75, 3.05) is 18.5 Å². The maximum Gasteiger partial charge on any atom is 0.342 e. The number of carbonyl (C=O) groups is 3. The predicted molar refractivity (Wildman–Crippen MR) is 94.1 cm³/mol. The van der Waals surface area contributed by atoms with Crippen LogP contribution in [0.25, 0.3) is 0 Å². The van der Waals surface area contributed by atoms with E-state index in [1.54, 1.807) is 6.07 Å². The van der Waals surface area contributed by atoms with Gasteiger partial charge in [-0.25, -0.2) is 9.18 Å². The smallest absolute Gasteiger partial charge is 0.342 e. The highest BCUT2D eigenvalue weighted by Crippen LogP contribution is 2.22. The highest BCUT2D eigenvalue weighted by atomic mass is 79.9. The van der Waals surface area contributed by atoms with Crippen molar-refractivity contribution in [1.29, 1.82) is 0 Å². The van der Waals surface area contributed by atoms with Crippen LogP contribution in [0.2, 0.25) is 0 Å². The van der Waals surface area contributed by atoms with Gasteiger partial charge in [0, 0.05) is 10.2 Å². The Labute approximate surface area is 156 Å². The lowest BCUT2D eigenvalue weighted by atomic mass is 10.2. The van der Waals surface area contributed by atoms with Crippen molar-refractivity contribution in [3.8, 4) is 5.75 Å². The maximum atomic E-state index is 12.8. The molecule has 0 fully saturated rings. The molecule has 0 aliphatic rings. The van der Waals surface area contributed by atoms with Crippen LogP contribution in [-0.2, 0) is 14.3 Å². The minimum atomic E-state index is -0.880. The first kappa shape index (κ1) is 19.4. The number of esters is 1. The fraction of sp³-hybridized carbons (Fsp3) is 0.118. The molecule has 0 atom stereocenters. The third-order valence-corrected chi connectivity index (χ3v) is 3.58. The number of aromatic hydroxyl groups is 1. The molecule has 3 N–H and O–H groups in total. The van der Waals surface area contributed by atoms with Gasteiger partial charge in [-0.3, -0.25) is 9.59 Å². The lowest BCUT2D eigenvalue weighted by Crippen LogP contribution is -2.35. The summed E-state index contributed by atoms with van der Waals surface area (Å²) in [4.78, 5) is 35.2. The normalized spacial score (nSPS) is 10.1. The summed E-state index contributed by atoms with van der Waals surface area (Å²) in [6.07, 6.45) is 0. The average molecular weight is 425 g/mol. The molecular formula is C17H14BrFN2O5. The summed E-state index contributed by atoms with van der Waals surface area (Å²) in [5.74, 6) is -2.82. The van der Waals surface area contributed by atoms with E-state index in [4.69, 9.17) is 4.74 Å². The zero-order chi connectivity index (χ0) is 19.1. The number of hydrogen-bond acceptors (Lipinski definition) is 5. The molecule has 0 spiro atoms. The molecule has 9 heteroatoms. The monoisotopic (exact) mass is 424 g/mol. The van der Waals surface area contributed by atoms with E-state index in [0.29, 0.717) is 10.2 Å². The first-order valence-corrected chi connectivity index (χ1v) is 8.12. The van der Waals surface area contributed by atoms with Crippen LogP contribution in [0.3, 0.4) is 0 Å². The molecule has 0 saturated heterocycles. The summed E-state index contributed by atoms with van der Waals surface area (Å²) in [7, 11) is 0. The van der Waals surface area contributed by atoms with Crippen molar-refractivity contribution in [3.05, 3.63) is 58.3 Å². The Bertz CT molecular complexity index is 826. The van der Waals surface area contributed by atoms with Crippen molar-refractivity contribution >= 4 is 39.4 Å². The molecule has 0 aliphatic carbocycles. The molecule has 0 aromatic heterocycles. The Morgan fingerprint density at radius 3 is 2.46 bits per heavy atom. The van der Waals surface area contributed by atoms with Gasteiger partial charge in [-0.1, -0.05) is 15.9 Å². The Morgan fingerprint density at radius 1 is 1.08 bits per heavy atom. The number of hydrogen-bond donors (Lipinski definition) is 3. The summed E-state index contributed by atoms with van der Waals surface area (Å²) >= 11 is 3.15. The summed E-state index contributed by atoms with van der Waals surface area (Å²) in [5.41, 5.74) is 0.281. The molecule has 2 amide bonds. The van der Waals surface area contributed by atoms with Crippen LogP contribution in [0.1, 0.15) is 10.4 Å². The van der Waals surface area contributed by atoms with Gasteiger partial charge in [0.25, 0.3) is 5.91 Å². The SMILES string of the molecule is O=C(COC(=O)c1cc(Br)ccc1O)NCC(=O)Nc1ccc(F)cc1. The Kier molecular flexibility index (Phi) is 6.67. The molecular weight excluding hydrogens is 411 g/mol. The number of benzene rings is 2. The number of rotatable bonds is 6. The van der Waals surface area contributed by atoms with E-state index in [-0.39, 0.29) is 17.9 Å². The number of carbonyl (C=O) groups excluding carboxylic acids is 3. The number of nitrogens with one attached hydrogen (secondary N) is 2. The molecule has 0 aliphatic heterocycles. The number of phenolic OH excluding ortho intramolecular Hbond substituents is 1. The van der Waals surface area contributed by atoms with Crippen molar-refractivity contribution in [1.82, 2.24) is 5.32 Å². The number of halogens is 2. The van der Waals surface area contributed by atoms with E-state index in [2.05, 4.69) is 26.6 Å². The van der Waals surface area contributed by atoms with Gasteiger partial charge in [-0.15, -0.1) is 0 Å².